The van der Waals surface area contributed by atoms with E-state index in [4.69, 9.17) is 9.47 Å². The summed E-state index contributed by atoms with van der Waals surface area (Å²) < 4.78 is 11.0. The molecule has 86 valence electrons. The normalized spacial score (nSPS) is 25.5. The van der Waals surface area contributed by atoms with E-state index in [-0.39, 0.29) is 6.10 Å². The van der Waals surface area contributed by atoms with Crippen LogP contribution in [0.2, 0.25) is 0 Å². The molecule has 2 nitrogen and oxygen atoms in total. The maximum absolute atomic E-state index is 5.82. The van der Waals surface area contributed by atoms with Crippen molar-refractivity contribution >= 4 is 0 Å². The lowest BCUT2D eigenvalue weighted by molar-refractivity contribution is 0.0130. The van der Waals surface area contributed by atoms with Crippen LogP contribution < -0.4 is 4.74 Å². The highest BCUT2D eigenvalue weighted by molar-refractivity contribution is 5.29. The highest BCUT2D eigenvalue weighted by Crippen LogP contribution is 2.33. The van der Waals surface area contributed by atoms with Gasteiger partial charge in [-0.3, -0.25) is 0 Å². The molecule has 0 amide bonds. The largest absolute Gasteiger partial charge is 0.497 e. The van der Waals surface area contributed by atoms with Crippen molar-refractivity contribution in [3.63, 3.8) is 0 Å². The molecule has 1 aromatic rings. The Morgan fingerprint density at radius 2 is 2.00 bits per heavy atom. The van der Waals surface area contributed by atoms with E-state index in [1.54, 1.807) is 7.11 Å². The second-order valence-corrected chi connectivity index (χ2v) is 4.36. The first-order chi connectivity index (χ1) is 7.70. The summed E-state index contributed by atoms with van der Waals surface area (Å²) in [5.74, 6) is 1.36. The van der Waals surface area contributed by atoms with Gasteiger partial charge in [-0.05, 0) is 24.1 Å². The molecule has 1 saturated heterocycles. The smallest absolute Gasteiger partial charge is 0.118 e. The van der Waals surface area contributed by atoms with E-state index in [0.717, 1.165) is 18.8 Å². The number of hydrogen-bond acceptors (Lipinski definition) is 2. The van der Waals surface area contributed by atoms with Gasteiger partial charge in [0.1, 0.15) is 5.75 Å². The summed E-state index contributed by atoms with van der Waals surface area (Å²) in [6, 6.07) is 8.07. The van der Waals surface area contributed by atoms with Crippen LogP contribution >= 0.6 is 0 Å². The molecule has 16 heavy (non-hydrogen) atoms. The Bertz CT molecular complexity index is 367. The van der Waals surface area contributed by atoms with Crippen LogP contribution in [-0.4, -0.2) is 13.7 Å². The van der Waals surface area contributed by atoms with Gasteiger partial charge in [-0.25, -0.2) is 0 Å². The van der Waals surface area contributed by atoms with Gasteiger partial charge in [0.05, 0.1) is 19.8 Å². The molecular formula is C14H18O2. The van der Waals surface area contributed by atoms with Crippen molar-refractivity contribution in [3.05, 3.63) is 42.0 Å². The number of ether oxygens (including phenoxy) is 2. The molecule has 0 saturated carbocycles. The first-order valence-corrected chi connectivity index (χ1v) is 5.64. The third kappa shape index (κ3) is 2.27. The zero-order valence-electron chi connectivity index (χ0n) is 9.90. The summed E-state index contributed by atoms with van der Waals surface area (Å²) in [5.41, 5.74) is 2.49. The topological polar surface area (TPSA) is 18.5 Å². The summed E-state index contributed by atoms with van der Waals surface area (Å²) in [4.78, 5) is 0. The van der Waals surface area contributed by atoms with Crippen LogP contribution in [0.15, 0.2) is 36.4 Å². The Kier molecular flexibility index (Phi) is 3.30. The molecule has 1 fully saturated rings. The van der Waals surface area contributed by atoms with Gasteiger partial charge in [0.2, 0.25) is 0 Å². The molecule has 1 heterocycles. The molecular weight excluding hydrogens is 200 g/mol. The van der Waals surface area contributed by atoms with Crippen molar-refractivity contribution in [2.24, 2.45) is 5.92 Å². The molecule has 0 bridgehead atoms. The summed E-state index contributed by atoms with van der Waals surface area (Å²) in [6.45, 7) is 7.03. The first kappa shape index (κ1) is 11.2. The summed E-state index contributed by atoms with van der Waals surface area (Å²) in [5, 5.41) is 0. The minimum Gasteiger partial charge on any atom is -0.497 e. The average molecular weight is 218 g/mol. The predicted octanol–water partition coefficient (Wildman–Crippen LogP) is 3.35. The van der Waals surface area contributed by atoms with Crippen LogP contribution in [0.3, 0.4) is 0 Å². The molecule has 0 spiro atoms. The van der Waals surface area contributed by atoms with Crippen molar-refractivity contribution in [2.45, 2.75) is 19.4 Å². The van der Waals surface area contributed by atoms with Gasteiger partial charge in [0, 0.05) is 5.92 Å². The molecule has 2 rings (SSSR count). The Hall–Kier alpha value is -1.28. The third-order valence-corrected chi connectivity index (χ3v) is 3.18. The number of rotatable bonds is 2. The van der Waals surface area contributed by atoms with E-state index in [1.165, 1.54) is 11.1 Å². The number of benzene rings is 1. The Balaban J connectivity index is 2.09. The lowest BCUT2D eigenvalue weighted by Crippen LogP contribution is -2.20. The highest BCUT2D eigenvalue weighted by atomic mass is 16.5. The zero-order chi connectivity index (χ0) is 11.5. The van der Waals surface area contributed by atoms with Gasteiger partial charge in [-0.15, -0.1) is 0 Å². The number of methoxy groups -OCH3 is 1. The lowest BCUT2D eigenvalue weighted by atomic mass is 9.92. The second-order valence-electron chi connectivity index (χ2n) is 4.36. The Morgan fingerprint density at radius 1 is 1.31 bits per heavy atom. The number of hydrogen-bond donors (Lipinski definition) is 0. The molecule has 0 N–H and O–H groups in total. The lowest BCUT2D eigenvalue weighted by Gasteiger charge is -2.29. The predicted molar refractivity (Wildman–Crippen MR) is 64.6 cm³/mol. The van der Waals surface area contributed by atoms with Gasteiger partial charge in [-0.1, -0.05) is 31.2 Å². The monoisotopic (exact) mass is 218 g/mol. The minimum absolute atomic E-state index is 0.162. The van der Waals surface area contributed by atoms with Crippen LogP contribution in [0.4, 0.5) is 0 Å². The maximum atomic E-state index is 5.82. The Labute approximate surface area is 96.9 Å². The fourth-order valence-corrected chi connectivity index (χ4v) is 1.91. The molecule has 2 unspecified atom stereocenters. The molecule has 1 aliphatic rings. The van der Waals surface area contributed by atoms with Crippen molar-refractivity contribution < 1.29 is 9.47 Å². The van der Waals surface area contributed by atoms with E-state index in [9.17, 15) is 0 Å². The fraction of sp³-hybridized carbons (Fsp3) is 0.429. The summed E-state index contributed by atoms with van der Waals surface area (Å²) in [7, 11) is 1.68. The van der Waals surface area contributed by atoms with E-state index in [0.29, 0.717) is 5.92 Å². The van der Waals surface area contributed by atoms with E-state index in [2.05, 4.69) is 25.6 Å². The van der Waals surface area contributed by atoms with Gasteiger partial charge < -0.3 is 9.47 Å². The average Bonchev–Trinajstić information content (AvgIpc) is 2.33. The van der Waals surface area contributed by atoms with Gasteiger partial charge >= 0.3 is 0 Å². The SMILES string of the molecule is C=C1CC(c2ccc(OC)cc2)OCC1C. The first-order valence-electron chi connectivity index (χ1n) is 5.64. The van der Waals surface area contributed by atoms with Crippen LogP contribution in [0.1, 0.15) is 25.0 Å². The van der Waals surface area contributed by atoms with Crippen LogP contribution in [-0.2, 0) is 4.74 Å². The molecule has 2 heteroatoms. The zero-order valence-corrected chi connectivity index (χ0v) is 9.90. The second kappa shape index (κ2) is 4.71. The molecule has 0 aliphatic carbocycles. The highest BCUT2D eigenvalue weighted by Gasteiger charge is 2.22. The summed E-state index contributed by atoms with van der Waals surface area (Å²) >= 11 is 0. The summed E-state index contributed by atoms with van der Waals surface area (Å²) in [6.07, 6.45) is 1.09. The van der Waals surface area contributed by atoms with E-state index >= 15 is 0 Å². The third-order valence-electron chi connectivity index (χ3n) is 3.18. The van der Waals surface area contributed by atoms with Crippen molar-refractivity contribution in [1.82, 2.24) is 0 Å². The standard InChI is InChI=1S/C14H18O2/c1-10-8-14(16-9-11(10)2)12-4-6-13(15-3)7-5-12/h4-7,11,14H,1,8-9H2,2-3H3. The molecule has 2 atom stereocenters. The van der Waals surface area contributed by atoms with E-state index in [1.807, 2.05) is 12.1 Å². The van der Waals surface area contributed by atoms with Gasteiger partial charge in [0.15, 0.2) is 0 Å². The maximum Gasteiger partial charge on any atom is 0.118 e. The fourth-order valence-electron chi connectivity index (χ4n) is 1.91. The molecule has 0 aromatic heterocycles. The van der Waals surface area contributed by atoms with Crippen molar-refractivity contribution in [1.29, 1.82) is 0 Å². The van der Waals surface area contributed by atoms with Crippen molar-refractivity contribution in [3.8, 4) is 5.75 Å². The quantitative estimate of drug-likeness (QED) is 0.709. The molecule has 1 aliphatic heterocycles. The van der Waals surface area contributed by atoms with Gasteiger partial charge in [-0.2, -0.15) is 0 Å². The Morgan fingerprint density at radius 3 is 2.56 bits per heavy atom. The molecule has 0 radical (unpaired) electrons. The van der Waals surface area contributed by atoms with Crippen LogP contribution in [0.5, 0.6) is 5.75 Å². The van der Waals surface area contributed by atoms with E-state index < -0.39 is 0 Å². The minimum atomic E-state index is 0.162. The van der Waals surface area contributed by atoms with Crippen molar-refractivity contribution in [2.75, 3.05) is 13.7 Å². The molecule has 1 aromatic carbocycles. The van der Waals surface area contributed by atoms with Crippen LogP contribution in [0.25, 0.3) is 0 Å². The van der Waals surface area contributed by atoms with Gasteiger partial charge in [0.25, 0.3) is 0 Å². The van der Waals surface area contributed by atoms with Crippen LogP contribution in [0, 0.1) is 5.92 Å².